The quantitative estimate of drug-likeness (QED) is 0.909. The van der Waals surface area contributed by atoms with Gasteiger partial charge in [0.2, 0.25) is 0 Å². The summed E-state index contributed by atoms with van der Waals surface area (Å²) in [7, 11) is 0. The van der Waals surface area contributed by atoms with E-state index >= 15 is 0 Å². The van der Waals surface area contributed by atoms with Crippen molar-refractivity contribution in [2.75, 3.05) is 6.54 Å². The first-order chi connectivity index (χ1) is 10.1. The van der Waals surface area contributed by atoms with Gasteiger partial charge in [-0.2, -0.15) is 13.2 Å². The molecule has 0 saturated heterocycles. The molecule has 1 heterocycles. The maximum atomic E-state index is 13.0. The van der Waals surface area contributed by atoms with Gasteiger partial charge in [0.25, 0.3) is 0 Å². The van der Waals surface area contributed by atoms with Crippen molar-refractivity contribution in [3.63, 3.8) is 0 Å². The molecule has 0 amide bonds. The minimum Gasteiger partial charge on any atom is -0.385 e. The van der Waals surface area contributed by atoms with Crippen LogP contribution in [-0.2, 0) is 6.18 Å². The molecule has 22 heavy (non-hydrogen) atoms. The van der Waals surface area contributed by atoms with Gasteiger partial charge in [-0.25, -0.2) is 4.98 Å². The molecule has 0 fully saturated rings. The Bertz CT molecular complexity index is 662. The fraction of sp³-hybridized carbons (Fsp3) is 0.438. The van der Waals surface area contributed by atoms with Crippen molar-refractivity contribution in [2.24, 2.45) is 0 Å². The summed E-state index contributed by atoms with van der Waals surface area (Å²) in [6.45, 7) is 6.04. The number of nitrogens with zero attached hydrogens (tertiary/aromatic N) is 1. The topological polar surface area (TPSA) is 45.1 Å². The Morgan fingerprint density at radius 2 is 1.82 bits per heavy atom. The van der Waals surface area contributed by atoms with E-state index in [1.54, 1.807) is 18.2 Å². The van der Waals surface area contributed by atoms with Gasteiger partial charge < -0.3 is 10.4 Å². The number of pyridine rings is 1. The lowest BCUT2D eigenvalue weighted by Crippen LogP contribution is -2.38. The van der Waals surface area contributed by atoms with Crippen LogP contribution in [0.25, 0.3) is 10.9 Å². The lowest BCUT2D eigenvalue weighted by Gasteiger charge is -2.23. The molecule has 0 aliphatic rings. The average Bonchev–Trinajstić information content (AvgIpc) is 2.41. The minimum absolute atomic E-state index is 0.137. The molecule has 1 aromatic heterocycles. The highest BCUT2D eigenvalue weighted by molar-refractivity contribution is 5.82. The molecular formula is C16H19F3N2O. The molecule has 0 radical (unpaired) electrons. The summed E-state index contributed by atoms with van der Waals surface area (Å²) in [5, 5.41) is 13.6. The zero-order chi connectivity index (χ0) is 16.5. The van der Waals surface area contributed by atoms with Gasteiger partial charge in [-0.1, -0.05) is 18.2 Å². The Kier molecular flexibility index (Phi) is 4.44. The molecule has 0 bridgehead atoms. The van der Waals surface area contributed by atoms with Crippen LogP contribution in [0.5, 0.6) is 0 Å². The Morgan fingerprint density at radius 3 is 2.41 bits per heavy atom. The molecule has 0 aliphatic heterocycles. The second kappa shape index (κ2) is 5.85. The Labute approximate surface area is 127 Å². The molecular weight excluding hydrogens is 293 g/mol. The SMILES string of the molecule is CC(C)(C)NC[C@H](O)c1ccc2cccc(C(F)(F)F)c2n1. The van der Waals surface area contributed by atoms with E-state index in [0.29, 0.717) is 5.39 Å². The highest BCUT2D eigenvalue weighted by Crippen LogP contribution is 2.34. The molecule has 2 rings (SSSR count). The van der Waals surface area contributed by atoms with Crippen LogP contribution < -0.4 is 5.32 Å². The highest BCUT2D eigenvalue weighted by atomic mass is 19.4. The van der Waals surface area contributed by atoms with Crippen molar-refractivity contribution in [1.29, 1.82) is 0 Å². The van der Waals surface area contributed by atoms with E-state index < -0.39 is 17.8 Å². The number of para-hydroxylation sites is 1. The molecule has 1 aromatic carbocycles. The predicted octanol–water partition coefficient (Wildman–Crippen LogP) is 3.68. The van der Waals surface area contributed by atoms with E-state index in [2.05, 4.69) is 10.3 Å². The van der Waals surface area contributed by atoms with Gasteiger partial charge in [0.05, 0.1) is 16.8 Å². The number of aliphatic hydroxyl groups excluding tert-OH is 1. The molecule has 3 nitrogen and oxygen atoms in total. The van der Waals surface area contributed by atoms with E-state index in [4.69, 9.17) is 0 Å². The van der Waals surface area contributed by atoms with Crippen LogP contribution in [-0.4, -0.2) is 22.2 Å². The van der Waals surface area contributed by atoms with Crippen molar-refractivity contribution < 1.29 is 18.3 Å². The Balaban J connectivity index is 2.37. The van der Waals surface area contributed by atoms with Crippen molar-refractivity contribution in [2.45, 2.75) is 38.6 Å². The summed E-state index contributed by atoms with van der Waals surface area (Å²) in [5.74, 6) is 0. The number of aliphatic hydroxyl groups is 1. The number of nitrogens with one attached hydrogen (secondary N) is 1. The number of hydrogen-bond acceptors (Lipinski definition) is 3. The van der Waals surface area contributed by atoms with E-state index in [1.165, 1.54) is 6.07 Å². The summed E-state index contributed by atoms with van der Waals surface area (Å²) >= 11 is 0. The van der Waals surface area contributed by atoms with Gasteiger partial charge in [0.1, 0.15) is 6.10 Å². The van der Waals surface area contributed by atoms with Gasteiger partial charge >= 0.3 is 6.18 Å². The molecule has 0 saturated carbocycles. The predicted molar refractivity (Wildman–Crippen MR) is 79.5 cm³/mol. The molecule has 0 aliphatic carbocycles. The van der Waals surface area contributed by atoms with Crippen molar-refractivity contribution in [3.05, 3.63) is 41.6 Å². The monoisotopic (exact) mass is 312 g/mol. The lowest BCUT2D eigenvalue weighted by atomic mass is 10.1. The van der Waals surface area contributed by atoms with Gasteiger partial charge in [0, 0.05) is 17.5 Å². The number of halogens is 3. The smallest absolute Gasteiger partial charge is 0.385 e. The number of aromatic nitrogens is 1. The highest BCUT2D eigenvalue weighted by Gasteiger charge is 2.33. The van der Waals surface area contributed by atoms with E-state index in [1.807, 2.05) is 20.8 Å². The van der Waals surface area contributed by atoms with Crippen LogP contribution in [0.1, 0.15) is 38.1 Å². The summed E-state index contributed by atoms with van der Waals surface area (Å²) in [6.07, 6.45) is -5.44. The van der Waals surface area contributed by atoms with E-state index in [-0.39, 0.29) is 23.3 Å². The fourth-order valence-corrected chi connectivity index (χ4v) is 2.08. The normalized spacial score (nSPS) is 14.3. The van der Waals surface area contributed by atoms with Crippen molar-refractivity contribution >= 4 is 10.9 Å². The third-order valence-corrected chi connectivity index (χ3v) is 3.21. The molecule has 2 aromatic rings. The van der Waals surface area contributed by atoms with Gasteiger partial charge in [0.15, 0.2) is 0 Å². The number of β-amino-alcohol motifs (C(OH)–C–C–N with tert-alkyl or cyclic N) is 1. The molecule has 6 heteroatoms. The van der Waals surface area contributed by atoms with Crippen LogP contribution in [0.2, 0.25) is 0 Å². The van der Waals surface area contributed by atoms with Crippen LogP contribution in [0.3, 0.4) is 0 Å². The molecule has 0 spiro atoms. The largest absolute Gasteiger partial charge is 0.418 e. The van der Waals surface area contributed by atoms with Crippen LogP contribution in [0.4, 0.5) is 13.2 Å². The zero-order valence-corrected chi connectivity index (χ0v) is 12.7. The lowest BCUT2D eigenvalue weighted by molar-refractivity contribution is -0.136. The van der Waals surface area contributed by atoms with Crippen LogP contribution >= 0.6 is 0 Å². The summed E-state index contributed by atoms with van der Waals surface area (Å²) in [6, 6.07) is 7.02. The maximum absolute atomic E-state index is 13.0. The van der Waals surface area contributed by atoms with Gasteiger partial charge in [-0.15, -0.1) is 0 Å². The average molecular weight is 312 g/mol. The second-order valence-electron chi connectivity index (χ2n) is 6.26. The van der Waals surface area contributed by atoms with Crippen molar-refractivity contribution in [3.8, 4) is 0 Å². The third-order valence-electron chi connectivity index (χ3n) is 3.21. The molecule has 1 atom stereocenters. The van der Waals surface area contributed by atoms with Crippen molar-refractivity contribution in [1.82, 2.24) is 10.3 Å². The third kappa shape index (κ3) is 3.96. The minimum atomic E-state index is -4.47. The Morgan fingerprint density at radius 1 is 1.14 bits per heavy atom. The van der Waals surface area contributed by atoms with Crippen LogP contribution in [0.15, 0.2) is 30.3 Å². The number of alkyl halides is 3. The first-order valence-electron chi connectivity index (χ1n) is 6.98. The van der Waals surface area contributed by atoms with Gasteiger partial charge in [-0.05, 0) is 32.9 Å². The standard InChI is InChI=1S/C16H19F3N2O/c1-15(2,3)20-9-13(22)12-8-7-10-5-4-6-11(14(10)21-12)16(17,18)19/h4-8,13,20,22H,9H2,1-3H3/t13-/m0/s1. The molecule has 2 N–H and O–H groups in total. The van der Waals surface area contributed by atoms with E-state index in [9.17, 15) is 18.3 Å². The second-order valence-corrected chi connectivity index (χ2v) is 6.26. The summed E-state index contributed by atoms with van der Waals surface area (Å²) in [4.78, 5) is 4.03. The summed E-state index contributed by atoms with van der Waals surface area (Å²) in [5.41, 5.74) is -0.902. The maximum Gasteiger partial charge on any atom is 0.418 e. The summed E-state index contributed by atoms with van der Waals surface area (Å²) < 4.78 is 39.1. The first-order valence-corrected chi connectivity index (χ1v) is 6.98. The Hall–Kier alpha value is -1.66. The number of rotatable bonds is 3. The molecule has 120 valence electrons. The number of fused-ring (bicyclic) bond motifs is 1. The fourth-order valence-electron chi connectivity index (χ4n) is 2.08. The zero-order valence-electron chi connectivity index (χ0n) is 12.7. The number of hydrogen-bond donors (Lipinski definition) is 2. The number of benzene rings is 1. The first kappa shape index (κ1) is 16.7. The van der Waals surface area contributed by atoms with Crippen LogP contribution in [0, 0.1) is 0 Å². The van der Waals surface area contributed by atoms with Gasteiger partial charge in [-0.3, -0.25) is 0 Å². The van der Waals surface area contributed by atoms with E-state index in [0.717, 1.165) is 6.07 Å². The molecule has 0 unspecified atom stereocenters.